The predicted octanol–water partition coefficient (Wildman–Crippen LogP) is 1.87. The van der Waals surface area contributed by atoms with Gasteiger partial charge in [-0.1, -0.05) is 19.1 Å². The zero-order chi connectivity index (χ0) is 8.81. The molecule has 0 aromatic carbocycles. The van der Waals surface area contributed by atoms with E-state index in [4.69, 9.17) is 0 Å². The highest BCUT2D eigenvalue weighted by Gasteiger charge is 2.09. The van der Waals surface area contributed by atoms with E-state index in [0.29, 0.717) is 12.3 Å². The molecule has 0 spiro atoms. The van der Waals surface area contributed by atoms with Gasteiger partial charge in [0.25, 0.3) is 0 Å². The van der Waals surface area contributed by atoms with Crippen LogP contribution in [0.3, 0.4) is 0 Å². The summed E-state index contributed by atoms with van der Waals surface area (Å²) in [5, 5.41) is 2.93. The molecule has 68 valence electrons. The van der Waals surface area contributed by atoms with Gasteiger partial charge in [0.05, 0.1) is 0 Å². The van der Waals surface area contributed by atoms with Crippen LogP contribution in [-0.4, -0.2) is 12.5 Å². The molecule has 0 saturated carbocycles. The Hall–Kier alpha value is -0.790. The Morgan fingerprint density at radius 1 is 1.58 bits per heavy atom. The highest BCUT2D eigenvalue weighted by Crippen LogP contribution is 2.16. The summed E-state index contributed by atoms with van der Waals surface area (Å²) >= 11 is 0. The summed E-state index contributed by atoms with van der Waals surface area (Å²) in [7, 11) is 0. The second-order valence-corrected chi connectivity index (χ2v) is 3.31. The topological polar surface area (TPSA) is 29.1 Å². The molecule has 0 aromatic heterocycles. The smallest absolute Gasteiger partial charge is 0.219 e. The average molecular weight is 167 g/mol. The third-order valence-electron chi connectivity index (χ3n) is 2.29. The first-order chi connectivity index (χ1) is 5.83. The van der Waals surface area contributed by atoms with Crippen molar-refractivity contribution in [2.45, 2.75) is 32.6 Å². The molecular formula is C10H17NO. The molecular weight excluding hydrogens is 150 g/mol. The Labute approximate surface area is 74.0 Å². The average Bonchev–Trinajstić information content (AvgIpc) is 2.16. The zero-order valence-electron chi connectivity index (χ0n) is 7.68. The van der Waals surface area contributed by atoms with E-state index in [2.05, 4.69) is 17.5 Å². The second-order valence-electron chi connectivity index (χ2n) is 3.31. The lowest BCUT2D eigenvalue weighted by atomic mass is 9.94. The molecule has 0 fully saturated rings. The van der Waals surface area contributed by atoms with Crippen molar-refractivity contribution in [3.05, 3.63) is 12.2 Å². The Balaban J connectivity index is 2.14. The summed E-state index contributed by atoms with van der Waals surface area (Å²) in [6.07, 6.45) is 8.56. The van der Waals surface area contributed by atoms with Crippen molar-refractivity contribution in [3.63, 3.8) is 0 Å². The van der Waals surface area contributed by atoms with E-state index < -0.39 is 0 Å². The molecule has 1 aliphatic rings. The van der Waals surface area contributed by atoms with Gasteiger partial charge < -0.3 is 5.32 Å². The van der Waals surface area contributed by atoms with Crippen LogP contribution in [0, 0.1) is 5.92 Å². The number of hydrogen-bond donors (Lipinski definition) is 1. The lowest BCUT2D eigenvalue weighted by molar-refractivity contribution is -0.120. The van der Waals surface area contributed by atoms with Crippen molar-refractivity contribution >= 4 is 5.91 Å². The van der Waals surface area contributed by atoms with E-state index in [1.165, 1.54) is 12.8 Å². The van der Waals surface area contributed by atoms with Crippen LogP contribution in [0.4, 0.5) is 0 Å². The van der Waals surface area contributed by atoms with Gasteiger partial charge in [0.2, 0.25) is 5.91 Å². The van der Waals surface area contributed by atoms with E-state index >= 15 is 0 Å². The molecule has 2 nitrogen and oxygen atoms in total. The summed E-state index contributed by atoms with van der Waals surface area (Å²) in [4.78, 5) is 10.9. The Bertz CT molecular complexity index is 175. The molecule has 1 N–H and O–H groups in total. The van der Waals surface area contributed by atoms with Crippen LogP contribution in [0.5, 0.6) is 0 Å². The summed E-state index contributed by atoms with van der Waals surface area (Å²) in [6.45, 7) is 2.74. The van der Waals surface area contributed by atoms with Crippen LogP contribution in [0.1, 0.15) is 32.6 Å². The Kier molecular flexibility index (Phi) is 3.85. The van der Waals surface area contributed by atoms with E-state index in [1.807, 2.05) is 6.92 Å². The molecule has 1 aliphatic carbocycles. The highest BCUT2D eigenvalue weighted by atomic mass is 16.1. The molecule has 1 rings (SSSR count). The lowest BCUT2D eigenvalue weighted by Gasteiger charge is -2.17. The summed E-state index contributed by atoms with van der Waals surface area (Å²) < 4.78 is 0. The number of allylic oxidation sites excluding steroid dienone is 2. The van der Waals surface area contributed by atoms with E-state index in [0.717, 1.165) is 13.0 Å². The number of carbonyl (C=O) groups is 1. The summed E-state index contributed by atoms with van der Waals surface area (Å²) in [5.74, 6) is 0.843. The molecule has 0 radical (unpaired) electrons. The maximum Gasteiger partial charge on any atom is 0.219 e. The first kappa shape index (κ1) is 9.30. The number of rotatable bonds is 3. The number of nitrogens with one attached hydrogen (secondary N) is 1. The van der Waals surface area contributed by atoms with Gasteiger partial charge in [-0.05, 0) is 25.2 Å². The van der Waals surface area contributed by atoms with Crippen molar-refractivity contribution in [1.82, 2.24) is 5.32 Å². The van der Waals surface area contributed by atoms with Gasteiger partial charge in [-0.2, -0.15) is 0 Å². The largest absolute Gasteiger partial charge is 0.356 e. The standard InChI is InChI=1S/C10H17NO/c1-2-10(12)11-8-9-6-4-3-5-7-9/h3-4,9H,2,5-8H2,1H3,(H,11,12). The molecule has 0 bridgehead atoms. The van der Waals surface area contributed by atoms with Gasteiger partial charge in [0, 0.05) is 13.0 Å². The molecule has 0 aromatic rings. The molecule has 1 amide bonds. The Morgan fingerprint density at radius 3 is 3.00 bits per heavy atom. The predicted molar refractivity (Wildman–Crippen MR) is 49.8 cm³/mol. The summed E-state index contributed by atoms with van der Waals surface area (Å²) in [5.41, 5.74) is 0. The van der Waals surface area contributed by atoms with Gasteiger partial charge in [0.1, 0.15) is 0 Å². The third kappa shape index (κ3) is 3.07. The number of hydrogen-bond acceptors (Lipinski definition) is 1. The fourth-order valence-electron chi connectivity index (χ4n) is 1.42. The first-order valence-corrected chi connectivity index (χ1v) is 4.74. The minimum absolute atomic E-state index is 0.171. The number of amides is 1. The minimum Gasteiger partial charge on any atom is -0.356 e. The fourth-order valence-corrected chi connectivity index (χ4v) is 1.42. The van der Waals surface area contributed by atoms with Crippen molar-refractivity contribution in [2.24, 2.45) is 5.92 Å². The quantitative estimate of drug-likeness (QED) is 0.639. The van der Waals surface area contributed by atoms with Crippen molar-refractivity contribution in [3.8, 4) is 0 Å². The van der Waals surface area contributed by atoms with Gasteiger partial charge in [-0.15, -0.1) is 0 Å². The molecule has 0 heterocycles. The second kappa shape index (κ2) is 4.96. The number of carbonyl (C=O) groups excluding carboxylic acids is 1. The van der Waals surface area contributed by atoms with E-state index in [9.17, 15) is 4.79 Å². The normalized spacial score (nSPS) is 22.2. The zero-order valence-corrected chi connectivity index (χ0v) is 7.68. The van der Waals surface area contributed by atoms with Crippen molar-refractivity contribution in [2.75, 3.05) is 6.54 Å². The van der Waals surface area contributed by atoms with Crippen LogP contribution in [0.25, 0.3) is 0 Å². The molecule has 0 saturated heterocycles. The maximum absolute atomic E-state index is 10.9. The van der Waals surface area contributed by atoms with Crippen LogP contribution in [0.2, 0.25) is 0 Å². The maximum atomic E-state index is 10.9. The fraction of sp³-hybridized carbons (Fsp3) is 0.700. The first-order valence-electron chi connectivity index (χ1n) is 4.74. The monoisotopic (exact) mass is 167 g/mol. The van der Waals surface area contributed by atoms with Gasteiger partial charge in [-0.25, -0.2) is 0 Å². The van der Waals surface area contributed by atoms with Crippen LogP contribution >= 0.6 is 0 Å². The van der Waals surface area contributed by atoms with Gasteiger partial charge in [0.15, 0.2) is 0 Å². The Morgan fingerprint density at radius 2 is 2.42 bits per heavy atom. The van der Waals surface area contributed by atoms with Crippen molar-refractivity contribution in [1.29, 1.82) is 0 Å². The van der Waals surface area contributed by atoms with Crippen LogP contribution in [0.15, 0.2) is 12.2 Å². The molecule has 2 heteroatoms. The van der Waals surface area contributed by atoms with Gasteiger partial charge >= 0.3 is 0 Å². The molecule has 1 unspecified atom stereocenters. The van der Waals surface area contributed by atoms with Crippen LogP contribution in [-0.2, 0) is 4.79 Å². The molecule has 1 atom stereocenters. The van der Waals surface area contributed by atoms with E-state index in [-0.39, 0.29) is 5.91 Å². The SMILES string of the molecule is CCC(=O)NCC1CC=CCC1. The lowest BCUT2D eigenvalue weighted by Crippen LogP contribution is -2.28. The van der Waals surface area contributed by atoms with Gasteiger partial charge in [-0.3, -0.25) is 4.79 Å². The van der Waals surface area contributed by atoms with Crippen molar-refractivity contribution < 1.29 is 4.79 Å². The molecule has 0 aliphatic heterocycles. The summed E-state index contributed by atoms with van der Waals surface area (Å²) in [6, 6.07) is 0. The third-order valence-corrected chi connectivity index (χ3v) is 2.29. The van der Waals surface area contributed by atoms with E-state index in [1.54, 1.807) is 0 Å². The molecule has 12 heavy (non-hydrogen) atoms. The highest BCUT2D eigenvalue weighted by molar-refractivity contribution is 5.75. The minimum atomic E-state index is 0.171. The van der Waals surface area contributed by atoms with Crippen LogP contribution < -0.4 is 5.32 Å².